The first-order valence-corrected chi connectivity index (χ1v) is 12.2. The van der Waals surface area contributed by atoms with Gasteiger partial charge in [-0.15, -0.1) is 11.3 Å². The zero-order valence-electron chi connectivity index (χ0n) is 19.1. The molecule has 2 aliphatic rings. The molecular formula is C25H25FN4O3S. The van der Waals surface area contributed by atoms with Crippen molar-refractivity contribution < 1.29 is 18.8 Å². The van der Waals surface area contributed by atoms with Crippen molar-refractivity contribution in [3.63, 3.8) is 0 Å². The van der Waals surface area contributed by atoms with Gasteiger partial charge in [0.15, 0.2) is 0 Å². The minimum atomic E-state index is -0.593. The molecule has 1 N–H and O–H groups in total. The zero-order chi connectivity index (χ0) is 24.0. The SMILES string of the molecule is Cc1nc2c(s1)CN(C(=O)C(=O)c1cc(C(=O)Nc3ccc(F)c(C)c3)c3n1CCCC3)CC2. The third-order valence-electron chi connectivity index (χ3n) is 6.47. The first kappa shape index (κ1) is 22.5. The first-order valence-electron chi connectivity index (χ1n) is 11.4. The van der Waals surface area contributed by atoms with Gasteiger partial charge >= 0.3 is 0 Å². The summed E-state index contributed by atoms with van der Waals surface area (Å²) in [6, 6.07) is 5.92. The summed E-state index contributed by atoms with van der Waals surface area (Å²) in [5.41, 5.74) is 3.32. The second-order valence-corrected chi connectivity index (χ2v) is 10.1. The normalized spacial score (nSPS) is 15.0. The maximum absolute atomic E-state index is 13.6. The molecule has 1 aromatic carbocycles. The number of Topliss-reactive ketones (excluding diaryl/α,β-unsaturated/α-hetero) is 1. The van der Waals surface area contributed by atoms with Crippen LogP contribution in [-0.4, -0.2) is 38.6 Å². The van der Waals surface area contributed by atoms with Crippen LogP contribution in [0.2, 0.25) is 0 Å². The van der Waals surface area contributed by atoms with E-state index in [1.807, 2.05) is 11.5 Å². The average Bonchev–Trinajstić information content (AvgIpc) is 3.40. The smallest absolute Gasteiger partial charge is 0.296 e. The van der Waals surface area contributed by atoms with E-state index in [0.717, 1.165) is 34.1 Å². The number of hydrogen-bond acceptors (Lipinski definition) is 5. The summed E-state index contributed by atoms with van der Waals surface area (Å²) in [6.07, 6.45) is 3.07. The van der Waals surface area contributed by atoms with Gasteiger partial charge in [0.05, 0.1) is 28.5 Å². The highest BCUT2D eigenvalue weighted by Gasteiger charge is 2.33. The number of nitrogens with one attached hydrogen (secondary N) is 1. The fourth-order valence-electron chi connectivity index (χ4n) is 4.73. The molecule has 34 heavy (non-hydrogen) atoms. The lowest BCUT2D eigenvalue weighted by Gasteiger charge is -2.26. The summed E-state index contributed by atoms with van der Waals surface area (Å²) < 4.78 is 15.4. The van der Waals surface area contributed by atoms with Gasteiger partial charge < -0.3 is 14.8 Å². The zero-order valence-corrected chi connectivity index (χ0v) is 19.9. The van der Waals surface area contributed by atoms with Crippen LogP contribution in [0, 0.1) is 19.7 Å². The van der Waals surface area contributed by atoms with Crippen LogP contribution in [-0.2, 0) is 30.7 Å². The molecule has 176 valence electrons. The summed E-state index contributed by atoms with van der Waals surface area (Å²) in [5.74, 6) is -1.86. The molecule has 0 fully saturated rings. The Balaban J connectivity index is 1.41. The van der Waals surface area contributed by atoms with Gasteiger partial charge in [0.1, 0.15) is 5.82 Å². The molecule has 0 spiro atoms. The maximum Gasteiger partial charge on any atom is 0.296 e. The van der Waals surface area contributed by atoms with E-state index in [2.05, 4.69) is 10.3 Å². The molecule has 7 nitrogen and oxygen atoms in total. The van der Waals surface area contributed by atoms with Crippen molar-refractivity contribution in [2.45, 2.75) is 52.6 Å². The number of ketones is 1. The first-order chi connectivity index (χ1) is 16.3. The summed E-state index contributed by atoms with van der Waals surface area (Å²) in [6.45, 7) is 4.99. The molecule has 2 amide bonds. The molecule has 9 heteroatoms. The van der Waals surface area contributed by atoms with Crippen LogP contribution >= 0.6 is 11.3 Å². The molecule has 5 rings (SSSR count). The Kier molecular flexibility index (Phi) is 5.81. The number of benzene rings is 1. The fourth-order valence-corrected chi connectivity index (χ4v) is 5.73. The topological polar surface area (TPSA) is 84.3 Å². The molecule has 0 radical (unpaired) electrons. The van der Waals surface area contributed by atoms with Crippen LogP contribution < -0.4 is 5.32 Å². The Bertz CT molecular complexity index is 1330. The molecule has 2 aliphatic heterocycles. The van der Waals surface area contributed by atoms with Crippen LogP contribution in [0.3, 0.4) is 0 Å². The number of halogens is 1. The minimum absolute atomic E-state index is 0.256. The van der Waals surface area contributed by atoms with Crippen molar-refractivity contribution in [1.82, 2.24) is 14.5 Å². The van der Waals surface area contributed by atoms with Crippen molar-refractivity contribution in [3.05, 3.63) is 68.2 Å². The summed E-state index contributed by atoms with van der Waals surface area (Å²) in [4.78, 5) is 46.7. The van der Waals surface area contributed by atoms with Gasteiger partial charge in [0, 0.05) is 35.8 Å². The lowest BCUT2D eigenvalue weighted by Crippen LogP contribution is -2.40. The molecule has 0 unspecified atom stereocenters. The quantitative estimate of drug-likeness (QED) is 0.451. The number of anilines is 1. The monoisotopic (exact) mass is 480 g/mol. The largest absolute Gasteiger partial charge is 0.341 e. The number of amides is 2. The predicted molar refractivity (Wildman–Crippen MR) is 127 cm³/mol. The highest BCUT2D eigenvalue weighted by molar-refractivity contribution is 7.11. The third-order valence-corrected chi connectivity index (χ3v) is 7.46. The number of carbonyl (C=O) groups is 3. The molecular weight excluding hydrogens is 455 g/mol. The average molecular weight is 481 g/mol. The van der Waals surface area contributed by atoms with Gasteiger partial charge in [0.2, 0.25) is 0 Å². The van der Waals surface area contributed by atoms with Gasteiger partial charge in [0.25, 0.3) is 17.6 Å². The standard InChI is InChI=1S/C25H25FN4O3S/c1-14-11-16(6-7-18(14)26)28-24(32)17-12-21(30-9-4-3-5-20(17)30)23(31)25(33)29-10-8-19-22(13-29)34-15(2)27-19/h6-7,11-12H,3-5,8-10,13H2,1-2H3,(H,28,32). The molecule has 3 aromatic rings. The molecule has 2 aromatic heterocycles. The Labute approximate surface area is 200 Å². The van der Waals surface area contributed by atoms with Crippen LogP contribution in [0.1, 0.15) is 60.5 Å². The lowest BCUT2D eigenvalue weighted by atomic mass is 10.1. The van der Waals surface area contributed by atoms with Crippen molar-refractivity contribution in [2.24, 2.45) is 0 Å². The van der Waals surface area contributed by atoms with E-state index in [4.69, 9.17) is 0 Å². The molecule has 0 bridgehead atoms. The number of aromatic nitrogens is 2. The third kappa shape index (κ3) is 4.04. The number of hydrogen-bond donors (Lipinski definition) is 1. The highest BCUT2D eigenvalue weighted by Crippen LogP contribution is 2.28. The van der Waals surface area contributed by atoms with Gasteiger partial charge in [-0.05, 0) is 62.9 Å². The number of carbonyl (C=O) groups excluding carboxylic acids is 3. The maximum atomic E-state index is 13.6. The predicted octanol–water partition coefficient (Wildman–Crippen LogP) is 4.06. The molecule has 0 saturated heterocycles. The van der Waals surface area contributed by atoms with Crippen molar-refractivity contribution in [1.29, 1.82) is 0 Å². The molecule has 0 atom stereocenters. The van der Waals surface area contributed by atoms with E-state index in [1.54, 1.807) is 35.3 Å². The van der Waals surface area contributed by atoms with E-state index < -0.39 is 11.7 Å². The van der Waals surface area contributed by atoms with E-state index in [0.29, 0.717) is 49.3 Å². The van der Waals surface area contributed by atoms with E-state index in [-0.39, 0.29) is 17.4 Å². The van der Waals surface area contributed by atoms with E-state index >= 15 is 0 Å². The Morgan fingerprint density at radius 2 is 1.91 bits per heavy atom. The fraction of sp³-hybridized carbons (Fsp3) is 0.360. The Hall–Kier alpha value is -3.33. The minimum Gasteiger partial charge on any atom is -0.341 e. The van der Waals surface area contributed by atoms with E-state index in [1.165, 1.54) is 12.1 Å². The number of aryl methyl sites for hydroxylation is 2. The van der Waals surface area contributed by atoms with Gasteiger partial charge in [-0.3, -0.25) is 14.4 Å². The Morgan fingerprint density at radius 3 is 2.71 bits per heavy atom. The number of thiazole rings is 1. The molecule has 0 saturated carbocycles. The second-order valence-electron chi connectivity index (χ2n) is 8.83. The van der Waals surface area contributed by atoms with Crippen molar-refractivity contribution in [3.8, 4) is 0 Å². The number of nitrogens with zero attached hydrogens (tertiary/aromatic N) is 3. The molecule has 4 heterocycles. The van der Waals surface area contributed by atoms with Gasteiger partial charge in [-0.1, -0.05) is 0 Å². The van der Waals surface area contributed by atoms with Crippen LogP contribution in [0.4, 0.5) is 10.1 Å². The highest BCUT2D eigenvalue weighted by atomic mass is 32.1. The van der Waals surface area contributed by atoms with Crippen LogP contribution in [0.5, 0.6) is 0 Å². The summed E-state index contributed by atoms with van der Waals surface area (Å²) >= 11 is 1.55. The lowest BCUT2D eigenvalue weighted by molar-refractivity contribution is -0.127. The van der Waals surface area contributed by atoms with Gasteiger partial charge in [-0.25, -0.2) is 9.37 Å². The second kappa shape index (κ2) is 8.79. The molecule has 0 aliphatic carbocycles. The Morgan fingerprint density at radius 1 is 1.09 bits per heavy atom. The van der Waals surface area contributed by atoms with Crippen molar-refractivity contribution >= 4 is 34.6 Å². The number of fused-ring (bicyclic) bond motifs is 2. The summed E-state index contributed by atoms with van der Waals surface area (Å²) in [5, 5.41) is 3.76. The van der Waals surface area contributed by atoms with Crippen LogP contribution in [0.15, 0.2) is 24.3 Å². The summed E-state index contributed by atoms with van der Waals surface area (Å²) in [7, 11) is 0. The van der Waals surface area contributed by atoms with E-state index in [9.17, 15) is 18.8 Å². The number of rotatable bonds is 4. The van der Waals surface area contributed by atoms with Gasteiger partial charge in [-0.2, -0.15) is 0 Å². The van der Waals surface area contributed by atoms with Crippen molar-refractivity contribution in [2.75, 3.05) is 11.9 Å². The van der Waals surface area contributed by atoms with Crippen LogP contribution in [0.25, 0.3) is 0 Å².